The van der Waals surface area contributed by atoms with Crippen LogP contribution in [0.15, 0.2) is 94.7 Å². The Morgan fingerprint density at radius 3 is 2.51 bits per heavy atom. The number of carbonyl (C=O) groups is 3. The Hall–Kier alpha value is -5.06. The summed E-state index contributed by atoms with van der Waals surface area (Å²) in [6, 6.07) is 12.7. The van der Waals surface area contributed by atoms with Crippen molar-refractivity contribution in [2.24, 2.45) is 15.7 Å². The summed E-state index contributed by atoms with van der Waals surface area (Å²) in [7, 11) is 1.86. The average Bonchev–Trinajstić information content (AvgIpc) is 3.14. The Balaban J connectivity index is 1.66. The second kappa shape index (κ2) is 19.5. The molecule has 250 valence electrons. The molecule has 0 fully saturated rings. The third-order valence-corrected chi connectivity index (χ3v) is 7.49. The molecule has 0 bridgehead atoms. The van der Waals surface area contributed by atoms with Crippen LogP contribution in [0.5, 0.6) is 0 Å². The Morgan fingerprint density at radius 2 is 1.81 bits per heavy atom. The van der Waals surface area contributed by atoms with E-state index in [0.717, 1.165) is 31.4 Å². The van der Waals surface area contributed by atoms with Crippen molar-refractivity contribution in [2.45, 2.75) is 58.8 Å². The number of unbranched alkanes of at least 4 members (excludes halogenated alkanes) is 4. The van der Waals surface area contributed by atoms with Crippen molar-refractivity contribution in [2.75, 3.05) is 43.5 Å². The second-order valence-electron chi connectivity index (χ2n) is 11.0. The number of amidine groups is 2. The summed E-state index contributed by atoms with van der Waals surface area (Å²) in [5.41, 5.74) is 8.65. The number of nitrogens with zero attached hydrogens (tertiary/aromatic N) is 5. The number of rotatable bonds is 16. The molecule has 1 aliphatic rings. The zero-order valence-corrected chi connectivity index (χ0v) is 27.8. The number of amides is 2. The number of aliphatic imine (C=N–C) groups is 2. The summed E-state index contributed by atoms with van der Waals surface area (Å²) in [5, 5.41) is 3.36. The molecule has 2 heterocycles. The number of benzene rings is 1. The third kappa shape index (κ3) is 12.0. The molecule has 1 aromatic carbocycles. The number of allylic oxidation sites excluding steroid dienone is 1. The van der Waals surface area contributed by atoms with Gasteiger partial charge in [0.25, 0.3) is 5.91 Å². The number of anilines is 2. The van der Waals surface area contributed by atoms with Crippen molar-refractivity contribution in [1.82, 2.24) is 9.88 Å². The first-order chi connectivity index (χ1) is 22.7. The molecule has 2 aromatic rings. The molecule has 0 unspecified atom stereocenters. The van der Waals surface area contributed by atoms with E-state index >= 15 is 0 Å². The molecule has 0 spiro atoms. The zero-order chi connectivity index (χ0) is 34.0. The summed E-state index contributed by atoms with van der Waals surface area (Å²) in [6.45, 7) is 9.08. The molecule has 0 atom stereocenters. The van der Waals surface area contributed by atoms with Crippen LogP contribution in [0.3, 0.4) is 0 Å². The van der Waals surface area contributed by atoms with Crippen LogP contribution in [0.2, 0.25) is 0 Å². The summed E-state index contributed by atoms with van der Waals surface area (Å²) in [4.78, 5) is 54.5. The van der Waals surface area contributed by atoms with Gasteiger partial charge in [0.1, 0.15) is 17.5 Å². The number of nitrogens with two attached hydrogens (primary N) is 1. The molecule has 1 aromatic heterocycles. The monoisotopic (exact) mass is 641 g/mol. The lowest BCUT2D eigenvalue weighted by molar-refractivity contribution is -0.142. The molecule has 0 saturated heterocycles. The first-order valence-corrected chi connectivity index (χ1v) is 16.2. The van der Waals surface area contributed by atoms with E-state index in [0.29, 0.717) is 41.5 Å². The minimum absolute atomic E-state index is 0.0360. The Kier molecular flexibility index (Phi) is 15.1. The van der Waals surface area contributed by atoms with Crippen LogP contribution in [-0.2, 0) is 19.1 Å². The minimum Gasteiger partial charge on any atom is -0.466 e. The SMILES string of the molecule is C=C1/C=C\C(C(=O)N(CCC(=O)OCC)c2ccccn2)=C/C/N=C(/CNc2ccc(/C(N)=N\C(=O)CCCCCCC)cc2)N1C. The van der Waals surface area contributed by atoms with Gasteiger partial charge in [0, 0.05) is 48.7 Å². The second-order valence-corrected chi connectivity index (χ2v) is 11.0. The van der Waals surface area contributed by atoms with Gasteiger partial charge in [0.2, 0.25) is 5.91 Å². The van der Waals surface area contributed by atoms with E-state index < -0.39 is 0 Å². The molecule has 11 heteroatoms. The van der Waals surface area contributed by atoms with Gasteiger partial charge in [-0.15, -0.1) is 0 Å². The molecular formula is C36H47N7O4. The normalized spacial score (nSPS) is 16.4. The third-order valence-electron chi connectivity index (χ3n) is 7.49. The van der Waals surface area contributed by atoms with Gasteiger partial charge in [0.05, 0.1) is 26.1 Å². The predicted molar refractivity (Wildman–Crippen MR) is 188 cm³/mol. The summed E-state index contributed by atoms with van der Waals surface area (Å²) < 4.78 is 5.06. The average molecular weight is 642 g/mol. The molecule has 1 aliphatic heterocycles. The quantitative estimate of drug-likeness (QED) is 0.107. The van der Waals surface area contributed by atoms with Crippen molar-refractivity contribution >= 4 is 41.0 Å². The van der Waals surface area contributed by atoms with E-state index in [-0.39, 0.29) is 49.7 Å². The molecule has 47 heavy (non-hydrogen) atoms. The zero-order valence-electron chi connectivity index (χ0n) is 27.8. The molecule has 2 amide bonds. The summed E-state index contributed by atoms with van der Waals surface area (Å²) >= 11 is 0. The maximum Gasteiger partial charge on any atom is 0.307 e. The number of carbonyl (C=O) groups excluding carboxylic acids is 3. The first kappa shape index (κ1) is 36.4. The number of hydrogen-bond donors (Lipinski definition) is 2. The fraction of sp³-hybridized carbons (Fsp3) is 0.389. The highest BCUT2D eigenvalue weighted by molar-refractivity contribution is 6.07. The lowest BCUT2D eigenvalue weighted by Gasteiger charge is -2.22. The maximum absolute atomic E-state index is 13.7. The van der Waals surface area contributed by atoms with E-state index in [1.54, 1.807) is 49.5 Å². The fourth-order valence-corrected chi connectivity index (χ4v) is 4.72. The highest BCUT2D eigenvalue weighted by Crippen LogP contribution is 2.18. The Morgan fingerprint density at radius 1 is 1.04 bits per heavy atom. The Labute approximate surface area is 278 Å². The van der Waals surface area contributed by atoms with E-state index in [9.17, 15) is 14.4 Å². The van der Waals surface area contributed by atoms with Crippen LogP contribution in [0.25, 0.3) is 0 Å². The summed E-state index contributed by atoms with van der Waals surface area (Å²) in [5.74, 6) is 0.455. The van der Waals surface area contributed by atoms with Crippen LogP contribution in [0.4, 0.5) is 11.5 Å². The minimum atomic E-state index is -0.387. The topological polar surface area (TPSA) is 143 Å². The smallest absolute Gasteiger partial charge is 0.307 e. The van der Waals surface area contributed by atoms with Gasteiger partial charge in [-0.05, 0) is 61.9 Å². The van der Waals surface area contributed by atoms with Crippen LogP contribution in [0, 0.1) is 0 Å². The van der Waals surface area contributed by atoms with Crippen molar-refractivity contribution in [3.8, 4) is 0 Å². The number of ether oxygens (including phenoxy) is 1. The van der Waals surface area contributed by atoms with Gasteiger partial charge >= 0.3 is 5.97 Å². The molecule has 0 aliphatic carbocycles. The van der Waals surface area contributed by atoms with Gasteiger partial charge in [-0.1, -0.05) is 51.3 Å². The van der Waals surface area contributed by atoms with Crippen LogP contribution >= 0.6 is 0 Å². The van der Waals surface area contributed by atoms with Gasteiger partial charge in [-0.25, -0.2) is 4.98 Å². The lowest BCUT2D eigenvalue weighted by Crippen LogP contribution is -2.34. The number of aromatic nitrogens is 1. The number of esters is 1. The van der Waals surface area contributed by atoms with Crippen molar-refractivity contribution in [1.29, 1.82) is 0 Å². The number of hydrogen-bond acceptors (Lipinski definition) is 8. The molecular weight excluding hydrogens is 594 g/mol. The largest absolute Gasteiger partial charge is 0.466 e. The van der Waals surface area contributed by atoms with Gasteiger partial charge in [0.15, 0.2) is 0 Å². The molecule has 3 N–H and O–H groups in total. The predicted octanol–water partition coefficient (Wildman–Crippen LogP) is 5.41. The van der Waals surface area contributed by atoms with Crippen molar-refractivity contribution in [3.63, 3.8) is 0 Å². The van der Waals surface area contributed by atoms with Gasteiger partial charge < -0.3 is 20.7 Å². The fourth-order valence-electron chi connectivity index (χ4n) is 4.72. The Bertz CT molecular complexity index is 1480. The molecule has 11 nitrogen and oxygen atoms in total. The first-order valence-electron chi connectivity index (χ1n) is 16.2. The van der Waals surface area contributed by atoms with Gasteiger partial charge in [-0.3, -0.25) is 24.3 Å². The highest BCUT2D eigenvalue weighted by Gasteiger charge is 2.22. The van der Waals surface area contributed by atoms with E-state index in [4.69, 9.17) is 15.5 Å². The van der Waals surface area contributed by atoms with Crippen LogP contribution in [-0.4, -0.2) is 72.6 Å². The van der Waals surface area contributed by atoms with Crippen LogP contribution < -0.4 is 16.0 Å². The van der Waals surface area contributed by atoms with Gasteiger partial charge in [-0.2, -0.15) is 4.99 Å². The summed E-state index contributed by atoms with van der Waals surface area (Å²) in [6.07, 6.45) is 12.6. The molecule has 0 saturated carbocycles. The molecule has 3 rings (SSSR count). The lowest BCUT2D eigenvalue weighted by atomic mass is 10.1. The van der Waals surface area contributed by atoms with E-state index in [1.165, 1.54) is 11.3 Å². The van der Waals surface area contributed by atoms with E-state index in [1.807, 2.05) is 36.2 Å². The standard InChI is InChI=1S/C36H47N7O4/c1-5-7-8-9-10-14-33(44)41-35(37)28-17-19-30(20-18-28)40-26-32-39-24-21-29(16-15-27(3)42(32)4)36(46)43(25-22-34(45)47-6-2)31-13-11-12-23-38-31/h11-13,15-21,23,40H,3,5-10,14,22,24-26H2,1-2,4H3,(H2,37,41,44)/b16-15-,29-21+,39-32-. The number of nitrogens with one attached hydrogen (secondary N) is 1. The van der Waals surface area contributed by atoms with E-state index in [2.05, 4.69) is 28.8 Å². The van der Waals surface area contributed by atoms with Crippen molar-refractivity contribution in [3.05, 3.63) is 90.3 Å². The number of pyridine rings is 1. The van der Waals surface area contributed by atoms with Crippen LogP contribution in [0.1, 0.15) is 64.4 Å². The highest BCUT2D eigenvalue weighted by atomic mass is 16.5. The maximum atomic E-state index is 13.7. The number of likely N-dealkylation sites (N-methyl/N-ethyl adjacent to an activating group) is 1. The molecule has 0 radical (unpaired) electrons. The van der Waals surface area contributed by atoms with Crippen molar-refractivity contribution < 1.29 is 19.1 Å².